The van der Waals surface area contributed by atoms with Crippen molar-refractivity contribution < 1.29 is 8.42 Å². The van der Waals surface area contributed by atoms with Crippen LogP contribution in [0.15, 0.2) is 0 Å². The second-order valence-corrected chi connectivity index (χ2v) is 7.19. The smallest absolute Gasteiger partial charge is 0.158 e. The van der Waals surface area contributed by atoms with Gasteiger partial charge in [-0.2, -0.15) is 0 Å². The van der Waals surface area contributed by atoms with E-state index in [-0.39, 0.29) is 5.25 Å². The zero-order valence-corrected chi connectivity index (χ0v) is 8.24. The van der Waals surface area contributed by atoms with E-state index in [0.717, 1.165) is 19.3 Å². The van der Waals surface area contributed by atoms with Crippen molar-refractivity contribution in [2.45, 2.75) is 50.0 Å². The van der Waals surface area contributed by atoms with Gasteiger partial charge in [0, 0.05) is 0 Å². The molecule has 1 saturated carbocycles. The Hall–Kier alpha value is -0.0500. The molecule has 0 aromatic heterocycles. The summed E-state index contributed by atoms with van der Waals surface area (Å²) in [6, 6.07) is 0. The summed E-state index contributed by atoms with van der Waals surface area (Å²) in [6.45, 7) is 5.34. The van der Waals surface area contributed by atoms with E-state index in [1.807, 2.05) is 0 Å². The molecule has 0 bridgehead atoms. The molecule has 0 unspecified atom stereocenters. The van der Waals surface area contributed by atoms with Crippen LogP contribution < -0.4 is 0 Å². The first-order valence-electron chi connectivity index (χ1n) is 4.09. The zero-order chi connectivity index (χ0) is 8.70. The Balaban J connectivity index is 2.82. The molecule has 0 atom stereocenters. The Morgan fingerprint density at radius 2 is 1.64 bits per heavy atom. The first-order valence-corrected chi connectivity index (χ1v) is 5.64. The minimum absolute atomic E-state index is 0.0394. The van der Waals surface area contributed by atoms with Gasteiger partial charge in [-0.05, 0) is 33.6 Å². The Labute approximate surface area is 68.9 Å². The van der Waals surface area contributed by atoms with Gasteiger partial charge in [0.05, 0.1) is 10.00 Å². The Bertz CT molecular complexity index is 229. The average Bonchev–Trinajstić information content (AvgIpc) is 1.53. The third-order valence-corrected chi connectivity index (χ3v) is 5.40. The van der Waals surface area contributed by atoms with Crippen molar-refractivity contribution in [2.75, 3.05) is 0 Å². The molecule has 0 N–H and O–H groups in total. The quantitative estimate of drug-likeness (QED) is 0.610. The summed E-state index contributed by atoms with van der Waals surface area (Å²) in [5.74, 6) is 0. The van der Waals surface area contributed by atoms with Crippen LogP contribution in [-0.2, 0) is 9.84 Å². The van der Waals surface area contributed by atoms with Crippen LogP contribution in [0.3, 0.4) is 0 Å². The van der Waals surface area contributed by atoms with Gasteiger partial charge in [0.1, 0.15) is 0 Å². The van der Waals surface area contributed by atoms with Crippen molar-refractivity contribution in [2.24, 2.45) is 0 Å². The van der Waals surface area contributed by atoms with E-state index in [4.69, 9.17) is 0 Å². The van der Waals surface area contributed by atoms with Gasteiger partial charge in [-0.1, -0.05) is 6.42 Å². The molecule has 3 heteroatoms. The number of rotatable bonds is 1. The van der Waals surface area contributed by atoms with E-state index >= 15 is 0 Å². The van der Waals surface area contributed by atoms with Crippen LogP contribution in [0.2, 0.25) is 0 Å². The van der Waals surface area contributed by atoms with Crippen LogP contribution in [0.1, 0.15) is 40.0 Å². The number of hydrogen-bond acceptors (Lipinski definition) is 2. The van der Waals surface area contributed by atoms with Gasteiger partial charge < -0.3 is 0 Å². The molecule has 0 spiro atoms. The van der Waals surface area contributed by atoms with Gasteiger partial charge in [0.15, 0.2) is 9.84 Å². The maximum absolute atomic E-state index is 11.6. The summed E-state index contributed by atoms with van der Waals surface area (Å²) in [5, 5.41) is -0.0394. The second-order valence-electron chi connectivity index (χ2n) is 4.21. The predicted octanol–water partition coefficient (Wildman–Crippen LogP) is 1.75. The molecule has 0 aliphatic heterocycles. The second kappa shape index (κ2) is 2.47. The van der Waals surface area contributed by atoms with Crippen molar-refractivity contribution in [3.8, 4) is 0 Å². The van der Waals surface area contributed by atoms with Gasteiger partial charge in [0.25, 0.3) is 0 Å². The maximum atomic E-state index is 11.6. The van der Waals surface area contributed by atoms with Crippen LogP contribution in [0.25, 0.3) is 0 Å². The molecule has 1 fully saturated rings. The van der Waals surface area contributed by atoms with Crippen LogP contribution in [0.5, 0.6) is 0 Å². The van der Waals surface area contributed by atoms with Gasteiger partial charge >= 0.3 is 0 Å². The maximum Gasteiger partial charge on any atom is 0.158 e. The van der Waals surface area contributed by atoms with E-state index in [9.17, 15) is 8.42 Å². The summed E-state index contributed by atoms with van der Waals surface area (Å²) < 4.78 is 22.7. The van der Waals surface area contributed by atoms with Gasteiger partial charge in [-0.25, -0.2) is 8.42 Å². The van der Waals surface area contributed by atoms with Crippen LogP contribution in [-0.4, -0.2) is 18.4 Å². The fraction of sp³-hybridized carbons (Fsp3) is 1.00. The molecular weight excluding hydrogens is 160 g/mol. The number of hydrogen-bond donors (Lipinski definition) is 0. The van der Waals surface area contributed by atoms with Crippen LogP contribution >= 0.6 is 0 Å². The first kappa shape index (κ1) is 9.04. The highest BCUT2D eigenvalue weighted by molar-refractivity contribution is 7.93. The Morgan fingerprint density at radius 3 is 1.73 bits per heavy atom. The monoisotopic (exact) mass is 176 g/mol. The molecule has 0 saturated heterocycles. The van der Waals surface area contributed by atoms with Gasteiger partial charge in [-0.3, -0.25) is 0 Å². The highest BCUT2D eigenvalue weighted by Crippen LogP contribution is 2.33. The van der Waals surface area contributed by atoms with E-state index in [1.165, 1.54) is 0 Å². The number of sulfone groups is 1. The third-order valence-electron chi connectivity index (χ3n) is 2.34. The largest absolute Gasteiger partial charge is 0.228 e. The van der Waals surface area contributed by atoms with Gasteiger partial charge in [-0.15, -0.1) is 0 Å². The third kappa shape index (κ3) is 1.43. The molecule has 66 valence electrons. The van der Waals surface area contributed by atoms with E-state index < -0.39 is 14.6 Å². The van der Waals surface area contributed by atoms with Crippen molar-refractivity contribution >= 4 is 9.84 Å². The van der Waals surface area contributed by atoms with Crippen molar-refractivity contribution in [1.82, 2.24) is 0 Å². The normalized spacial score (nSPS) is 21.4. The molecule has 11 heavy (non-hydrogen) atoms. The lowest BCUT2D eigenvalue weighted by Gasteiger charge is -2.32. The summed E-state index contributed by atoms with van der Waals surface area (Å²) in [4.78, 5) is 0. The van der Waals surface area contributed by atoms with Gasteiger partial charge in [0.2, 0.25) is 0 Å². The molecule has 1 aliphatic rings. The highest BCUT2D eigenvalue weighted by Gasteiger charge is 2.39. The summed E-state index contributed by atoms with van der Waals surface area (Å²) in [7, 11) is -2.84. The molecular formula is C8H16O2S. The standard InChI is InChI=1S/C8H16O2S/c1-8(2,3)11(9,10)7-5-4-6-7/h7H,4-6H2,1-3H3. The minimum Gasteiger partial charge on any atom is -0.228 e. The first-order chi connectivity index (χ1) is 4.86. The fourth-order valence-corrected chi connectivity index (χ4v) is 3.14. The van der Waals surface area contributed by atoms with Crippen molar-refractivity contribution in [3.05, 3.63) is 0 Å². The van der Waals surface area contributed by atoms with Crippen LogP contribution in [0, 0.1) is 0 Å². The topological polar surface area (TPSA) is 34.1 Å². The highest BCUT2D eigenvalue weighted by atomic mass is 32.2. The summed E-state index contributed by atoms with van der Waals surface area (Å²) in [5.41, 5.74) is 0. The lowest BCUT2D eigenvalue weighted by molar-refractivity contribution is 0.460. The SMILES string of the molecule is CC(C)(C)S(=O)(=O)C1CCC1. The van der Waals surface area contributed by atoms with Crippen molar-refractivity contribution in [1.29, 1.82) is 0 Å². The summed E-state index contributed by atoms with van der Waals surface area (Å²) >= 11 is 0. The van der Waals surface area contributed by atoms with Crippen molar-refractivity contribution in [3.63, 3.8) is 0 Å². The molecule has 0 amide bonds. The minimum atomic E-state index is -2.84. The molecule has 2 nitrogen and oxygen atoms in total. The lowest BCUT2D eigenvalue weighted by atomic mass is 10.00. The summed E-state index contributed by atoms with van der Waals surface area (Å²) in [6.07, 6.45) is 2.83. The predicted molar refractivity (Wildman–Crippen MR) is 46.3 cm³/mol. The molecule has 0 heterocycles. The molecule has 1 aliphatic carbocycles. The average molecular weight is 176 g/mol. The van der Waals surface area contributed by atoms with E-state index in [1.54, 1.807) is 20.8 Å². The fourth-order valence-electron chi connectivity index (χ4n) is 1.18. The molecule has 0 aromatic carbocycles. The van der Waals surface area contributed by atoms with E-state index in [0.29, 0.717) is 0 Å². The lowest BCUT2D eigenvalue weighted by Crippen LogP contribution is -2.40. The molecule has 1 rings (SSSR count). The Kier molecular flexibility index (Phi) is 2.03. The Morgan fingerprint density at radius 1 is 1.18 bits per heavy atom. The van der Waals surface area contributed by atoms with E-state index in [2.05, 4.69) is 0 Å². The zero-order valence-electron chi connectivity index (χ0n) is 7.42. The molecule has 0 radical (unpaired) electrons. The van der Waals surface area contributed by atoms with Crippen LogP contribution in [0.4, 0.5) is 0 Å². The molecule has 0 aromatic rings.